The summed E-state index contributed by atoms with van der Waals surface area (Å²) >= 11 is 0. The standard InChI is InChI=1S/C20H31N3O3S/c1-4-11-22(12-5-2)16-19-15-21-20(23(19)13-14-26-3)27(24,25)17-18-9-7-6-8-10-18/h1,5,15,18H,2,6-14,16-17H2,3H3. The van der Waals surface area contributed by atoms with Crippen LogP contribution in [0.4, 0.5) is 0 Å². The highest BCUT2D eigenvalue weighted by Crippen LogP contribution is 2.27. The van der Waals surface area contributed by atoms with Gasteiger partial charge in [-0.1, -0.05) is 31.3 Å². The Kier molecular flexibility index (Phi) is 8.55. The van der Waals surface area contributed by atoms with Crippen LogP contribution in [0, 0.1) is 18.3 Å². The molecule has 0 N–H and O–H groups in total. The molecule has 27 heavy (non-hydrogen) atoms. The van der Waals surface area contributed by atoms with Crippen molar-refractivity contribution in [2.45, 2.75) is 50.4 Å². The zero-order valence-electron chi connectivity index (χ0n) is 16.3. The second-order valence-corrected chi connectivity index (χ2v) is 9.05. The van der Waals surface area contributed by atoms with Gasteiger partial charge in [0.15, 0.2) is 0 Å². The van der Waals surface area contributed by atoms with Crippen LogP contribution < -0.4 is 0 Å². The molecule has 150 valence electrons. The minimum Gasteiger partial charge on any atom is -0.383 e. The Morgan fingerprint density at radius 1 is 1.44 bits per heavy atom. The van der Waals surface area contributed by atoms with Crippen molar-refractivity contribution in [1.29, 1.82) is 0 Å². The number of terminal acetylenes is 1. The molecule has 0 aliphatic heterocycles. The van der Waals surface area contributed by atoms with Crippen LogP contribution in [0.3, 0.4) is 0 Å². The van der Waals surface area contributed by atoms with E-state index in [1.54, 1.807) is 23.9 Å². The molecule has 0 unspecified atom stereocenters. The number of sulfone groups is 1. The summed E-state index contributed by atoms with van der Waals surface area (Å²) in [6.45, 7) is 6.24. The predicted octanol–water partition coefficient (Wildman–Crippen LogP) is 2.50. The monoisotopic (exact) mass is 393 g/mol. The topological polar surface area (TPSA) is 64.4 Å². The fourth-order valence-corrected chi connectivity index (χ4v) is 5.51. The molecule has 1 aromatic heterocycles. The van der Waals surface area contributed by atoms with Gasteiger partial charge in [0.2, 0.25) is 15.0 Å². The van der Waals surface area contributed by atoms with Crippen molar-refractivity contribution in [3.8, 4) is 12.3 Å². The highest BCUT2D eigenvalue weighted by Gasteiger charge is 2.28. The summed E-state index contributed by atoms with van der Waals surface area (Å²) in [6.07, 6.45) is 14.3. The van der Waals surface area contributed by atoms with Crippen LogP contribution in [0.5, 0.6) is 0 Å². The largest absolute Gasteiger partial charge is 0.383 e. The molecule has 1 aliphatic carbocycles. The maximum absolute atomic E-state index is 13.0. The highest BCUT2D eigenvalue weighted by molar-refractivity contribution is 7.91. The van der Waals surface area contributed by atoms with E-state index in [0.29, 0.717) is 32.8 Å². The SMILES string of the molecule is C#CCN(CC=C)Cc1cnc(S(=O)(=O)CC2CCCCC2)n1CCOC. The van der Waals surface area contributed by atoms with E-state index in [1.807, 2.05) is 4.90 Å². The van der Waals surface area contributed by atoms with E-state index in [9.17, 15) is 8.42 Å². The third-order valence-electron chi connectivity index (χ3n) is 4.97. The van der Waals surface area contributed by atoms with Crippen molar-refractivity contribution in [1.82, 2.24) is 14.5 Å². The highest BCUT2D eigenvalue weighted by atomic mass is 32.2. The van der Waals surface area contributed by atoms with Crippen LogP contribution in [-0.4, -0.2) is 55.4 Å². The number of aromatic nitrogens is 2. The summed E-state index contributed by atoms with van der Waals surface area (Å²) in [5.41, 5.74) is 0.825. The van der Waals surface area contributed by atoms with E-state index in [0.717, 1.165) is 31.4 Å². The molecule has 0 amide bonds. The molecule has 1 saturated carbocycles. The molecule has 0 bridgehead atoms. The predicted molar refractivity (Wildman–Crippen MR) is 107 cm³/mol. The molecule has 1 fully saturated rings. The molecular formula is C20H31N3O3S. The van der Waals surface area contributed by atoms with Gasteiger partial charge in [-0.15, -0.1) is 13.0 Å². The number of ether oxygens (including phenoxy) is 1. The van der Waals surface area contributed by atoms with Crippen LogP contribution in [0.1, 0.15) is 37.8 Å². The van der Waals surface area contributed by atoms with Gasteiger partial charge in [0, 0.05) is 26.7 Å². The van der Waals surface area contributed by atoms with Crippen molar-refractivity contribution in [2.75, 3.05) is 32.6 Å². The molecule has 1 heterocycles. The molecule has 7 heteroatoms. The zero-order valence-corrected chi connectivity index (χ0v) is 17.1. The molecule has 0 spiro atoms. The zero-order chi connectivity index (χ0) is 19.7. The molecule has 1 aliphatic rings. The Bertz CT molecular complexity index is 743. The molecular weight excluding hydrogens is 362 g/mol. The second-order valence-electron chi connectivity index (χ2n) is 7.12. The van der Waals surface area contributed by atoms with Crippen molar-refractivity contribution in [2.24, 2.45) is 5.92 Å². The summed E-state index contributed by atoms with van der Waals surface area (Å²) in [5, 5.41) is 0.152. The van der Waals surface area contributed by atoms with Gasteiger partial charge in [0.1, 0.15) is 0 Å². The van der Waals surface area contributed by atoms with Crippen LogP contribution in [0.25, 0.3) is 0 Å². The maximum Gasteiger partial charge on any atom is 0.227 e. The second kappa shape index (κ2) is 10.6. The Hall–Kier alpha value is -1.62. The van der Waals surface area contributed by atoms with Crippen LogP contribution in [0.15, 0.2) is 24.0 Å². The fraction of sp³-hybridized carbons (Fsp3) is 0.650. The lowest BCUT2D eigenvalue weighted by Gasteiger charge is -2.22. The van der Waals surface area contributed by atoms with Gasteiger partial charge in [-0.3, -0.25) is 4.90 Å². The minimum atomic E-state index is -3.44. The lowest BCUT2D eigenvalue weighted by molar-refractivity contribution is 0.182. The lowest BCUT2D eigenvalue weighted by Crippen LogP contribution is -2.27. The van der Waals surface area contributed by atoms with Crippen molar-refractivity contribution < 1.29 is 13.2 Å². The molecule has 1 aromatic rings. The molecule has 0 radical (unpaired) electrons. The van der Waals surface area contributed by atoms with E-state index in [-0.39, 0.29) is 16.8 Å². The van der Waals surface area contributed by atoms with Gasteiger partial charge in [0.05, 0.1) is 30.8 Å². The third kappa shape index (κ3) is 6.20. The quantitative estimate of drug-likeness (QED) is 0.427. The Morgan fingerprint density at radius 3 is 2.81 bits per heavy atom. The smallest absolute Gasteiger partial charge is 0.227 e. The number of nitrogens with zero attached hydrogens (tertiary/aromatic N) is 3. The number of rotatable bonds is 11. The van der Waals surface area contributed by atoms with Gasteiger partial charge >= 0.3 is 0 Å². The minimum absolute atomic E-state index is 0.152. The average molecular weight is 394 g/mol. The summed E-state index contributed by atoms with van der Waals surface area (Å²) in [7, 11) is -1.84. The first kappa shape index (κ1) is 21.7. The molecule has 0 aromatic carbocycles. The third-order valence-corrected chi connectivity index (χ3v) is 6.76. The summed E-state index contributed by atoms with van der Waals surface area (Å²) in [5.74, 6) is 3.04. The van der Waals surface area contributed by atoms with Gasteiger partial charge < -0.3 is 9.30 Å². The van der Waals surface area contributed by atoms with E-state index in [2.05, 4.69) is 17.5 Å². The van der Waals surface area contributed by atoms with Gasteiger partial charge in [0.25, 0.3) is 0 Å². The summed E-state index contributed by atoms with van der Waals surface area (Å²) in [4.78, 5) is 6.31. The van der Waals surface area contributed by atoms with Crippen molar-refractivity contribution in [3.63, 3.8) is 0 Å². The maximum atomic E-state index is 13.0. The van der Waals surface area contributed by atoms with Gasteiger partial charge in [-0.2, -0.15) is 0 Å². The normalized spacial score (nSPS) is 15.7. The van der Waals surface area contributed by atoms with Gasteiger partial charge in [-0.25, -0.2) is 13.4 Å². The van der Waals surface area contributed by atoms with E-state index in [4.69, 9.17) is 11.2 Å². The fourth-order valence-electron chi connectivity index (χ4n) is 3.65. The van der Waals surface area contributed by atoms with Crippen LogP contribution in [0.2, 0.25) is 0 Å². The number of hydrogen-bond donors (Lipinski definition) is 0. The lowest BCUT2D eigenvalue weighted by atomic mass is 9.91. The van der Waals surface area contributed by atoms with E-state index in [1.165, 1.54) is 6.42 Å². The first-order chi connectivity index (χ1) is 13.0. The average Bonchev–Trinajstić information content (AvgIpc) is 3.04. The number of hydrogen-bond acceptors (Lipinski definition) is 5. The van der Waals surface area contributed by atoms with Crippen molar-refractivity contribution >= 4 is 9.84 Å². The molecule has 6 nitrogen and oxygen atoms in total. The van der Waals surface area contributed by atoms with Crippen LogP contribution >= 0.6 is 0 Å². The first-order valence-electron chi connectivity index (χ1n) is 9.54. The number of methoxy groups -OCH3 is 1. The molecule has 0 atom stereocenters. The van der Waals surface area contributed by atoms with Gasteiger partial charge in [-0.05, 0) is 18.8 Å². The van der Waals surface area contributed by atoms with E-state index >= 15 is 0 Å². The Morgan fingerprint density at radius 2 is 2.19 bits per heavy atom. The Balaban J connectivity index is 2.25. The van der Waals surface area contributed by atoms with Crippen LogP contribution in [-0.2, 0) is 27.7 Å². The summed E-state index contributed by atoms with van der Waals surface area (Å²) in [6, 6.07) is 0. The number of imidazole rings is 1. The molecule has 0 saturated heterocycles. The Labute approximate surface area is 163 Å². The molecule has 2 rings (SSSR count). The van der Waals surface area contributed by atoms with Crippen molar-refractivity contribution in [3.05, 3.63) is 24.5 Å². The van der Waals surface area contributed by atoms with E-state index < -0.39 is 9.84 Å². The first-order valence-corrected chi connectivity index (χ1v) is 11.2. The summed E-state index contributed by atoms with van der Waals surface area (Å²) < 4.78 is 33.1.